The normalized spacial score (nSPS) is 23.9. The number of rotatable bonds is 4. The van der Waals surface area contributed by atoms with Crippen molar-refractivity contribution in [1.29, 1.82) is 0 Å². The molecule has 1 saturated heterocycles. The predicted molar refractivity (Wildman–Crippen MR) is 124 cm³/mol. The van der Waals surface area contributed by atoms with Crippen LogP contribution in [-0.2, 0) is 19.9 Å². The molecule has 3 atom stereocenters. The zero-order valence-electron chi connectivity index (χ0n) is 17.2. The summed E-state index contributed by atoms with van der Waals surface area (Å²) < 4.78 is 40.8. The van der Waals surface area contributed by atoms with E-state index in [-0.39, 0.29) is 37.0 Å². The minimum absolute atomic E-state index is 0.0257. The third-order valence-electron chi connectivity index (χ3n) is 5.92. The number of amides is 2. The average Bonchev–Trinajstić information content (AvgIpc) is 3.17. The van der Waals surface area contributed by atoms with Crippen molar-refractivity contribution in [3.63, 3.8) is 0 Å². The van der Waals surface area contributed by atoms with Gasteiger partial charge in [-0.25, -0.2) is 0 Å². The van der Waals surface area contributed by atoms with Crippen LogP contribution < -0.4 is 10.6 Å². The quantitative estimate of drug-likeness (QED) is 0.464. The Morgan fingerprint density at radius 3 is 2.26 bits per heavy atom. The van der Waals surface area contributed by atoms with Crippen molar-refractivity contribution in [2.45, 2.75) is 11.7 Å². The Labute approximate surface area is 216 Å². The van der Waals surface area contributed by atoms with Crippen molar-refractivity contribution in [3.05, 3.63) is 56.0 Å². The van der Waals surface area contributed by atoms with E-state index in [4.69, 9.17) is 46.4 Å². The lowest BCUT2D eigenvalue weighted by Crippen LogP contribution is -2.55. The molecule has 2 amide bonds. The first-order chi connectivity index (χ1) is 16.2. The molecule has 0 aliphatic carbocycles. The summed E-state index contributed by atoms with van der Waals surface area (Å²) in [5, 5.41) is 15.2. The molecular weight excluding hydrogens is 557 g/mol. The van der Waals surface area contributed by atoms with E-state index in [1.165, 1.54) is 30.3 Å². The second-order valence-corrected chi connectivity index (χ2v) is 9.81. The topological polar surface area (TPSA) is 98.7 Å². The molecule has 7 nitrogen and oxygen atoms in total. The van der Waals surface area contributed by atoms with Crippen LogP contribution in [-0.4, -0.2) is 47.1 Å². The molecule has 2 aliphatic heterocycles. The highest BCUT2D eigenvalue weighted by atomic mass is 35.5. The van der Waals surface area contributed by atoms with Gasteiger partial charge in [0.05, 0.1) is 23.2 Å². The summed E-state index contributed by atoms with van der Waals surface area (Å²) in [6.45, 7) is -2.37. The average molecular weight is 571 g/mol. The second kappa shape index (κ2) is 9.01. The van der Waals surface area contributed by atoms with E-state index < -0.39 is 54.4 Å². The molecule has 1 spiro atoms. The Kier molecular flexibility index (Phi) is 6.65. The zero-order valence-corrected chi connectivity index (χ0v) is 20.2. The summed E-state index contributed by atoms with van der Waals surface area (Å²) in [5.41, 5.74) is -2.53. The minimum atomic E-state index is -4.83. The molecule has 2 aromatic carbocycles. The third-order valence-corrected chi connectivity index (χ3v) is 6.87. The molecule has 1 fully saturated rings. The monoisotopic (exact) mass is 569 g/mol. The van der Waals surface area contributed by atoms with Gasteiger partial charge in [-0.3, -0.25) is 19.3 Å². The summed E-state index contributed by atoms with van der Waals surface area (Å²) in [5.74, 6) is -7.15. The third kappa shape index (κ3) is 4.53. The number of nitrogens with one attached hydrogen (secondary N) is 2. The number of aliphatic carboxylic acids is 1. The van der Waals surface area contributed by atoms with Crippen molar-refractivity contribution >= 4 is 75.6 Å². The Bertz CT molecular complexity index is 1240. The standard InChI is InChI=1S/C21H14Cl4F3N3O4/c22-8-1-9(23)3-11(2-8)29-17(32)12-6-31(7-20(26,27)28)21(15(12)18(33)34)13-4-10(24)5-14(25)16(13)30-19(21)35/h1-5,12,15H,6-7H2,(H,29,32)(H,30,35)(H,33,34). The lowest BCUT2D eigenvalue weighted by Gasteiger charge is -2.36. The maximum absolute atomic E-state index is 13.6. The molecule has 3 unspecified atom stereocenters. The first-order valence-corrected chi connectivity index (χ1v) is 11.4. The number of fused-ring (bicyclic) bond motifs is 2. The fourth-order valence-corrected chi connectivity index (χ4v) is 5.85. The van der Waals surface area contributed by atoms with Crippen LogP contribution in [0, 0.1) is 11.8 Å². The van der Waals surface area contributed by atoms with Gasteiger partial charge in [-0.2, -0.15) is 13.2 Å². The van der Waals surface area contributed by atoms with Gasteiger partial charge in [0.15, 0.2) is 0 Å². The number of nitrogens with zero attached hydrogens (tertiary/aromatic N) is 1. The fraction of sp³-hybridized carbons (Fsp3) is 0.286. The molecule has 0 aromatic heterocycles. The second-order valence-electron chi connectivity index (χ2n) is 8.10. The van der Waals surface area contributed by atoms with Crippen molar-refractivity contribution in [2.75, 3.05) is 23.7 Å². The van der Waals surface area contributed by atoms with E-state index in [2.05, 4.69) is 10.6 Å². The number of anilines is 2. The number of hydrogen-bond donors (Lipinski definition) is 3. The first-order valence-electron chi connectivity index (χ1n) is 9.86. The largest absolute Gasteiger partial charge is 0.481 e. The van der Waals surface area contributed by atoms with Gasteiger partial charge in [0, 0.05) is 32.9 Å². The molecule has 14 heteroatoms. The van der Waals surface area contributed by atoms with Crippen molar-refractivity contribution in [1.82, 2.24) is 4.90 Å². The van der Waals surface area contributed by atoms with Crippen LogP contribution >= 0.6 is 46.4 Å². The van der Waals surface area contributed by atoms with Crippen molar-refractivity contribution in [3.8, 4) is 0 Å². The van der Waals surface area contributed by atoms with Crippen LogP contribution in [0.5, 0.6) is 0 Å². The van der Waals surface area contributed by atoms with Crippen LogP contribution in [0.25, 0.3) is 0 Å². The van der Waals surface area contributed by atoms with E-state index >= 15 is 0 Å². The number of likely N-dealkylation sites (tertiary alicyclic amines) is 1. The molecule has 0 radical (unpaired) electrons. The minimum Gasteiger partial charge on any atom is -0.481 e. The molecule has 4 rings (SSSR count). The lowest BCUT2D eigenvalue weighted by molar-refractivity contribution is -0.167. The molecule has 2 aliphatic rings. The summed E-state index contributed by atoms with van der Waals surface area (Å²) in [6, 6.07) is 6.48. The van der Waals surface area contributed by atoms with E-state index in [1.54, 1.807) is 0 Å². The van der Waals surface area contributed by atoms with Gasteiger partial charge in [-0.05, 0) is 30.3 Å². The van der Waals surface area contributed by atoms with Crippen molar-refractivity contribution in [2.24, 2.45) is 11.8 Å². The van der Waals surface area contributed by atoms with Crippen LogP contribution in [0.15, 0.2) is 30.3 Å². The summed E-state index contributed by atoms with van der Waals surface area (Å²) in [7, 11) is 0. The van der Waals surface area contributed by atoms with Crippen LogP contribution in [0.4, 0.5) is 24.5 Å². The van der Waals surface area contributed by atoms with Crippen LogP contribution in [0.2, 0.25) is 20.1 Å². The summed E-state index contributed by atoms with van der Waals surface area (Å²) >= 11 is 24.1. The van der Waals surface area contributed by atoms with Gasteiger partial charge < -0.3 is 15.7 Å². The Morgan fingerprint density at radius 1 is 1.09 bits per heavy atom. The number of carbonyl (C=O) groups excluding carboxylic acids is 2. The molecule has 2 aromatic rings. The highest BCUT2D eigenvalue weighted by Crippen LogP contribution is 2.55. The van der Waals surface area contributed by atoms with Gasteiger partial charge in [0.25, 0.3) is 5.91 Å². The van der Waals surface area contributed by atoms with Gasteiger partial charge in [-0.15, -0.1) is 0 Å². The van der Waals surface area contributed by atoms with E-state index in [9.17, 15) is 32.7 Å². The Hall–Kier alpha value is -2.24. The van der Waals surface area contributed by atoms with Gasteiger partial charge in [0.2, 0.25) is 5.91 Å². The molecule has 0 bridgehead atoms. The van der Waals surface area contributed by atoms with Crippen LogP contribution in [0.1, 0.15) is 5.56 Å². The van der Waals surface area contributed by atoms with E-state index in [0.717, 1.165) is 0 Å². The first kappa shape index (κ1) is 25.8. The molecule has 0 saturated carbocycles. The number of carbonyl (C=O) groups is 3. The van der Waals surface area contributed by atoms with Crippen molar-refractivity contribution < 1.29 is 32.7 Å². The maximum Gasteiger partial charge on any atom is 0.401 e. The van der Waals surface area contributed by atoms with Gasteiger partial charge in [-0.1, -0.05) is 46.4 Å². The Morgan fingerprint density at radius 2 is 1.69 bits per heavy atom. The van der Waals surface area contributed by atoms with Gasteiger partial charge >= 0.3 is 12.1 Å². The lowest BCUT2D eigenvalue weighted by atomic mass is 9.75. The number of carboxylic acid groups (broad SMARTS) is 1. The molecular formula is C21H14Cl4F3N3O4. The zero-order chi connectivity index (χ0) is 25.9. The number of alkyl halides is 3. The predicted octanol–water partition coefficient (Wildman–Crippen LogP) is 5.28. The van der Waals surface area contributed by atoms with E-state index in [0.29, 0.717) is 4.90 Å². The smallest absolute Gasteiger partial charge is 0.401 e. The number of hydrogen-bond acceptors (Lipinski definition) is 4. The highest BCUT2D eigenvalue weighted by molar-refractivity contribution is 6.38. The highest BCUT2D eigenvalue weighted by Gasteiger charge is 2.68. The Balaban J connectivity index is 1.86. The molecule has 35 heavy (non-hydrogen) atoms. The fourth-order valence-electron chi connectivity index (χ4n) is 4.78. The molecule has 2 heterocycles. The molecule has 3 N–H and O–H groups in total. The summed E-state index contributed by atoms with van der Waals surface area (Å²) in [4.78, 5) is 39.6. The molecule has 186 valence electrons. The maximum atomic E-state index is 13.6. The number of halogens is 7. The number of carboxylic acids is 1. The SMILES string of the molecule is O=C(Nc1cc(Cl)cc(Cl)c1)C1CN(CC(F)(F)F)C2(C(=O)Nc3c(Cl)cc(Cl)cc32)C1C(=O)O. The van der Waals surface area contributed by atoms with Crippen LogP contribution in [0.3, 0.4) is 0 Å². The summed E-state index contributed by atoms with van der Waals surface area (Å²) in [6.07, 6.45) is -4.83. The van der Waals surface area contributed by atoms with E-state index in [1.807, 2.05) is 0 Å². The number of benzene rings is 2. The van der Waals surface area contributed by atoms with Gasteiger partial charge in [0.1, 0.15) is 11.5 Å².